The minimum atomic E-state index is -3.73. The van der Waals surface area contributed by atoms with E-state index in [0.29, 0.717) is 18.5 Å². The molecule has 0 bridgehead atoms. The maximum atomic E-state index is 12.5. The molecule has 0 saturated carbocycles. The average Bonchev–Trinajstić information content (AvgIpc) is 3.29. The summed E-state index contributed by atoms with van der Waals surface area (Å²) in [7, 11) is -3.73. The third-order valence-corrected chi connectivity index (χ3v) is 7.80. The molecule has 2 aromatic carbocycles. The second kappa shape index (κ2) is 8.91. The Morgan fingerprint density at radius 1 is 1.03 bits per heavy atom. The molecule has 3 aromatic rings. The number of fused-ring (bicyclic) bond motifs is 1. The molecule has 1 unspecified atom stereocenters. The van der Waals surface area contributed by atoms with Crippen molar-refractivity contribution < 1.29 is 18.0 Å². The van der Waals surface area contributed by atoms with Crippen molar-refractivity contribution in [2.75, 3.05) is 15.4 Å². The summed E-state index contributed by atoms with van der Waals surface area (Å²) in [5.74, 6) is -0.654. The minimum Gasteiger partial charge on any atom is -0.326 e. The predicted molar refractivity (Wildman–Crippen MR) is 122 cm³/mol. The van der Waals surface area contributed by atoms with Crippen molar-refractivity contribution >= 4 is 50.2 Å². The van der Waals surface area contributed by atoms with Crippen LogP contribution in [-0.2, 0) is 26.0 Å². The van der Waals surface area contributed by atoms with E-state index in [1.807, 2.05) is 24.3 Å². The van der Waals surface area contributed by atoms with Crippen LogP contribution in [0.1, 0.15) is 18.4 Å². The number of rotatable bonds is 7. The summed E-state index contributed by atoms with van der Waals surface area (Å²) in [6, 6.07) is 17.4. The largest absolute Gasteiger partial charge is 0.326 e. The molecular weight excluding hydrogens is 434 g/mol. The van der Waals surface area contributed by atoms with Crippen LogP contribution in [0.15, 0.2) is 70.3 Å². The van der Waals surface area contributed by atoms with Gasteiger partial charge >= 0.3 is 0 Å². The molecule has 31 heavy (non-hydrogen) atoms. The number of anilines is 3. The number of nitrogens with one attached hydrogen (secondary N) is 3. The van der Waals surface area contributed by atoms with E-state index in [0.717, 1.165) is 22.6 Å². The van der Waals surface area contributed by atoms with Crippen molar-refractivity contribution in [1.82, 2.24) is 0 Å². The van der Waals surface area contributed by atoms with Crippen molar-refractivity contribution in [3.8, 4) is 0 Å². The highest BCUT2D eigenvalue weighted by Crippen LogP contribution is 2.29. The van der Waals surface area contributed by atoms with Crippen LogP contribution in [0.2, 0.25) is 0 Å². The fourth-order valence-electron chi connectivity index (χ4n) is 3.46. The molecule has 160 valence electrons. The van der Waals surface area contributed by atoms with Crippen LogP contribution in [0.4, 0.5) is 17.1 Å². The monoisotopic (exact) mass is 455 g/mol. The summed E-state index contributed by atoms with van der Waals surface area (Å²) >= 11 is 1.11. The zero-order valence-electron chi connectivity index (χ0n) is 16.5. The second-order valence-electron chi connectivity index (χ2n) is 7.22. The normalized spacial score (nSPS) is 15.6. The molecule has 1 aromatic heterocycles. The van der Waals surface area contributed by atoms with Gasteiger partial charge in [-0.15, -0.1) is 11.3 Å². The van der Waals surface area contributed by atoms with E-state index < -0.39 is 10.0 Å². The number of sulfonamides is 1. The lowest BCUT2D eigenvalue weighted by Gasteiger charge is -2.24. The van der Waals surface area contributed by atoms with Gasteiger partial charge in [0.25, 0.3) is 10.0 Å². The fraction of sp³-hybridized carbons (Fsp3) is 0.182. The van der Waals surface area contributed by atoms with Gasteiger partial charge in [0.1, 0.15) is 4.21 Å². The molecule has 4 rings (SSSR count). The van der Waals surface area contributed by atoms with Gasteiger partial charge in [-0.2, -0.15) is 0 Å². The summed E-state index contributed by atoms with van der Waals surface area (Å²) in [5, 5.41) is 7.33. The Morgan fingerprint density at radius 3 is 2.55 bits per heavy atom. The number of benzene rings is 2. The van der Waals surface area contributed by atoms with Crippen molar-refractivity contribution in [3.05, 3.63) is 71.6 Å². The van der Waals surface area contributed by atoms with Gasteiger partial charge in [-0.25, -0.2) is 8.42 Å². The fourth-order valence-corrected chi connectivity index (χ4v) is 5.53. The Morgan fingerprint density at radius 2 is 1.77 bits per heavy atom. The molecule has 0 fully saturated rings. The minimum absolute atomic E-state index is 0.0874. The number of thiophene rings is 1. The number of amides is 2. The highest BCUT2D eigenvalue weighted by Gasteiger charge is 2.26. The highest BCUT2D eigenvalue weighted by molar-refractivity contribution is 7.94. The third-order valence-electron chi connectivity index (χ3n) is 5.04. The second-order valence-corrected chi connectivity index (χ2v) is 10.1. The first-order valence-corrected chi connectivity index (χ1v) is 12.1. The lowest BCUT2D eigenvalue weighted by atomic mass is 9.89. The molecule has 0 radical (unpaired) electrons. The van der Waals surface area contributed by atoms with Crippen molar-refractivity contribution in [2.45, 2.75) is 23.5 Å². The van der Waals surface area contributed by atoms with Crippen LogP contribution in [0, 0.1) is 5.92 Å². The van der Waals surface area contributed by atoms with Crippen LogP contribution in [-0.4, -0.2) is 20.2 Å². The van der Waals surface area contributed by atoms with Gasteiger partial charge in [-0.3, -0.25) is 14.3 Å². The molecule has 2 amide bonds. The maximum Gasteiger partial charge on any atom is 0.271 e. The van der Waals surface area contributed by atoms with Crippen molar-refractivity contribution in [2.24, 2.45) is 5.92 Å². The predicted octanol–water partition coefficient (Wildman–Crippen LogP) is 4.08. The van der Waals surface area contributed by atoms with Gasteiger partial charge in [-0.1, -0.05) is 36.4 Å². The molecule has 9 heteroatoms. The van der Waals surface area contributed by atoms with Gasteiger partial charge in [0.2, 0.25) is 11.8 Å². The van der Waals surface area contributed by atoms with E-state index in [-0.39, 0.29) is 34.0 Å². The lowest BCUT2D eigenvalue weighted by Crippen LogP contribution is -2.30. The maximum absolute atomic E-state index is 12.5. The zero-order valence-corrected chi connectivity index (χ0v) is 18.1. The number of para-hydroxylation sites is 3. The summed E-state index contributed by atoms with van der Waals surface area (Å²) in [4.78, 5) is 24.9. The number of hydrogen-bond acceptors (Lipinski definition) is 5. The SMILES string of the molecule is O=C(CCC1Cc2ccccc2NC1=O)Nc1ccccc1NS(=O)(=O)c1cccs1. The molecule has 0 aliphatic carbocycles. The van der Waals surface area contributed by atoms with E-state index in [9.17, 15) is 18.0 Å². The topological polar surface area (TPSA) is 104 Å². The Balaban J connectivity index is 1.39. The molecule has 1 atom stereocenters. The van der Waals surface area contributed by atoms with E-state index in [1.165, 1.54) is 6.07 Å². The molecule has 0 spiro atoms. The molecule has 0 saturated heterocycles. The van der Waals surface area contributed by atoms with Gasteiger partial charge in [0, 0.05) is 18.0 Å². The van der Waals surface area contributed by atoms with Crippen LogP contribution < -0.4 is 15.4 Å². The number of carbonyl (C=O) groups is 2. The van der Waals surface area contributed by atoms with Gasteiger partial charge in [-0.05, 0) is 48.1 Å². The summed E-state index contributed by atoms with van der Waals surface area (Å²) in [5.41, 5.74) is 2.53. The lowest BCUT2D eigenvalue weighted by molar-refractivity contribution is -0.121. The van der Waals surface area contributed by atoms with E-state index in [4.69, 9.17) is 0 Å². The van der Waals surface area contributed by atoms with Gasteiger partial charge in [0.05, 0.1) is 11.4 Å². The molecule has 2 heterocycles. The van der Waals surface area contributed by atoms with Crippen LogP contribution in [0.3, 0.4) is 0 Å². The molecular formula is C22H21N3O4S2. The summed E-state index contributed by atoms with van der Waals surface area (Å²) in [6.45, 7) is 0. The standard InChI is InChI=1S/C22H21N3O4S2/c26-20(12-11-16-14-15-6-1-2-7-17(15)24-22(16)27)23-18-8-3-4-9-19(18)25-31(28,29)21-10-5-13-30-21/h1-10,13,16,25H,11-12,14H2,(H,23,26)(H,24,27). The Kier molecular flexibility index (Phi) is 6.06. The quantitative estimate of drug-likeness (QED) is 0.499. The van der Waals surface area contributed by atoms with E-state index >= 15 is 0 Å². The molecule has 1 aliphatic heterocycles. The van der Waals surface area contributed by atoms with Crippen LogP contribution in [0.25, 0.3) is 0 Å². The van der Waals surface area contributed by atoms with Gasteiger partial charge < -0.3 is 10.6 Å². The van der Waals surface area contributed by atoms with E-state index in [2.05, 4.69) is 15.4 Å². The Hall–Kier alpha value is -3.17. The van der Waals surface area contributed by atoms with Crippen LogP contribution in [0.5, 0.6) is 0 Å². The Bertz CT molecular complexity index is 1210. The molecule has 1 aliphatic rings. The van der Waals surface area contributed by atoms with Crippen LogP contribution >= 0.6 is 11.3 Å². The first-order valence-electron chi connectivity index (χ1n) is 9.76. The summed E-state index contributed by atoms with van der Waals surface area (Å²) in [6.07, 6.45) is 1.13. The van der Waals surface area contributed by atoms with E-state index in [1.54, 1.807) is 35.7 Å². The van der Waals surface area contributed by atoms with Crippen molar-refractivity contribution in [1.29, 1.82) is 0 Å². The highest BCUT2D eigenvalue weighted by atomic mass is 32.2. The van der Waals surface area contributed by atoms with Gasteiger partial charge in [0.15, 0.2) is 0 Å². The molecule has 7 nitrogen and oxygen atoms in total. The smallest absolute Gasteiger partial charge is 0.271 e. The zero-order chi connectivity index (χ0) is 21.8. The molecule has 3 N–H and O–H groups in total. The number of hydrogen-bond donors (Lipinski definition) is 3. The first-order chi connectivity index (χ1) is 14.9. The Labute approximate surface area is 184 Å². The average molecular weight is 456 g/mol. The number of carbonyl (C=O) groups excluding carboxylic acids is 2. The first kappa shape index (κ1) is 21.1. The van der Waals surface area contributed by atoms with Crippen molar-refractivity contribution in [3.63, 3.8) is 0 Å². The third kappa shape index (κ3) is 4.95. The summed E-state index contributed by atoms with van der Waals surface area (Å²) < 4.78 is 27.7.